The van der Waals surface area contributed by atoms with Crippen LogP contribution in [0.2, 0.25) is 0 Å². The molecule has 340 valence electrons. The molecule has 0 aromatic carbocycles. The summed E-state index contributed by atoms with van der Waals surface area (Å²) in [6.45, 7) is 4.43. The summed E-state index contributed by atoms with van der Waals surface area (Å²) in [5.41, 5.74) is -5.79. The van der Waals surface area contributed by atoms with Crippen molar-refractivity contribution in [3.8, 4) is 0 Å². The Kier molecular flexibility index (Phi) is 24.8. The summed E-state index contributed by atoms with van der Waals surface area (Å²) in [6, 6.07) is 0. The number of hydrogen-bond acceptors (Lipinski definition) is 12. The molecule has 0 bridgehead atoms. The zero-order valence-electron chi connectivity index (χ0n) is 36.2. The molecule has 1 saturated carbocycles. The van der Waals surface area contributed by atoms with E-state index < -0.39 is 77.5 Å². The molecule has 0 amide bonds. The number of ketones is 2. The van der Waals surface area contributed by atoms with Gasteiger partial charge in [-0.1, -0.05) is 194 Å². The van der Waals surface area contributed by atoms with Crippen LogP contribution in [0.5, 0.6) is 0 Å². The number of hydrogen-bond donors (Lipinski definition) is 8. The number of unbranched alkanes of at least 4 members (excludes halogenated alkanes) is 28. The molecule has 1 heterocycles. The monoisotopic (exact) mass is 847 g/mol. The number of fused-ring (bicyclic) bond motifs is 1. The molecule has 1 saturated heterocycles. The largest absolute Gasteiger partial charge is 0.387 e. The Labute approximate surface area is 349 Å². The molecule has 9 atom stereocenters. The predicted octanol–water partition coefficient (Wildman–Crippen LogP) is 7.48. The summed E-state index contributed by atoms with van der Waals surface area (Å²) in [4.78, 5) is 41.0. The first-order valence-electron chi connectivity index (χ1n) is 23.5. The Balaban J connectivity index is 1.91. The van der Waals surface area contributed by atoms with Gasteiger partial charge in [0, 0.05) is 12.8 Å². The van der Waals surface area contributed by atoms with Crippen molar-refractivity contribution in [1.82, 2.24) is 0 Å². The maximum Gasteiger partial charge on any atom is 0.239 e. The molecule has 1 aliphatic heterocycles. The molecular formula is C45H83O12P. The van der Waals surface area contributed by atoms with E-state index in [0.717, 1.165) is 57.8 Å². The van der Waals surface area contributed by atoms with Crippen LogP contribution in [0.15, 0.2) is 0 Å². The summed E-state index contributed by atoms with van der Waals surface area (Å²) >= 11 is 0. The van der Waals surface area contributed by atoms with E-state index >= 15 is 0 Å². The Bertz CT molecular complexity index is 1220. The second-order valence-corrected chi connectivity index (χ2v) is 20.7. The third kappa shape index (κ3) is 13.2. The van der Waals surface area contributed by atoms with Crippen LogP contribution in [-0.4, -0.2) is 105 Å². The van der Waals surface area contributed by atoms with Gasteiger partial charge in [-0.05, 0) is 12.8 Å². The van der Waals surface area contributed by atoms with Gasteiger partial charge in [0.1, 0.15) is 24.4 Å². The highest BCUT2D eigenvalue weighted by Crippen LogP contribution is 2.91. The topological polar surface area (TPSA) is 230 Å². The second kappa shape index (κ2) is 27.1. The van der Waals surface area contributed by atoms with E-state index in [1.807, 2.05) is 0 Å². The van der Waals surface area contributed by atoms with Crippen LogP contribution in [0.4, 0.5) is 0 Å². The molecule has 2 rings (SSSR count). The van der Waals surface area contributed by atoms with Crippen molar-refractivity contribution in [1.29, 1.82) is 0 Å². The summed E-state index contributed by atoms with van der Waals surface area (Å²) in [7, 11) is -5.61. The molecule has 2 aliphatic rings. The minimum Gasteiger partial charge on any atom is -0.387 e. The highest BCUT2D eigenvalue weighted by atomic mass is 31.2. The van der Waals surface area contributed by atoms with Gasteiger partial charge in [0.2, 0.25) is 18.3 Å². The fraction of sp³-hybridized carbons (Fsp3) is 0.933. The lowest BCUT2D eigenvalue weighted by molar-refractivity contribution is -0.223. The van der Waals surface area contributed by atoms with Crippen LogP contribution in [-0.2, 0) is 18.9 Å². The molecular weight excluding hydrogens is 763 g/mol. The van der Waals surface area contributed by atoms with Gasteiger partial charge < -0.3 is 45.4 Å². The molecule has 0 radical (unpaired) electrons. The zero-order valence-corrected chi connectivity index (χ0v) is 37.1. The fourth-order valence-corrected chi connectivity index (χ4v) is 12.9. The van der Waals surface area contributed by atoms with Crippen LogP contribution < -0.4 is 0 Å². The van der Waals surface area contributed by atoms with E-state index in [-0.39, 0.29) is 19.3 Å². The molecule has 12 nitrogen and oxygen atoms in total. The molecule has 8 N–H and O–H groups in total. The lowest BCUT2D eigenvalue weighted by atomic mass is 9.85. The number of rotatable bonds is 37. The first kappa shape index (κ1) is 53.1. The smallest absolute Gasteiger partial charge is 0.239 e. The summed E-state index contributed by atoms with van der Waals surface area (Å²) in [5.74, 6) is -2.42. The van der Waals surface area contributed by atoms with Crippen molar-refractivity contribution in [3.05, 3.63) is 0 Å². The first-order chi connectivity index (χ1) is 27.7. The normalized spacial score (nSPS) is 28.2. The van der Waals surface area contributed by atoms with E-state index in [0.29, 0.717) is 12.8 Å². The summed E-state index contributed by atoms with van der Waals surface area (Å²) in [6.07, 6.45) is 18.6. The minimum atomic E-state index is -5.61. The van der Waals surface area contributed by atoms with Crippen LogP contribution in [0, 0.1) is 0 Å². The highest BCUT2D eigenvalue weighted by molar-refractivity contribution is 7.90. The van der Waals surface area contributed by atoms with Crippen molar-refractivity contribution in [2.24, 2.45) is 0 Å². The van der Waals surface area contributed by atoms with Gasteiger partial charge in [-0.25, -0.2) is 0 Å². The SMILES string of the molecule is CCCCCCCCCCCCCCCCCC(=O)C(O)C(O)(C(=O)CCCCCCCCCCCCCCCCC)C(=O)P1(=O)[C@@]2(O)[C@@H](O)[C@H](O)[C@@H](O)[C@@H](O)[C@]21O. The van der Waals surface area contributed by atoms with E-state index in [9.17, 15) is 59.8 Å². The highest BCUT2D eigenvalue weighted by Gasteiger charge is 2.99. The Hall–Kier alpha value is -1.08. The summed E-state index contributed by atoms with van der Waals surface area (Å²) in [5, 5.41) is 79.8. The average molecular weight is 847 g/mol. The Morgan fingerprint density at radius 3 is 1.05 bits per heavy atom. The van der Waals surface area contributed by atoms with Crippen molar-refractivity contribution in [2.45, 2.75) is 266 Å². The van der Waals surface area contributed by atoms with Crippen LogP contribution in [0.25, 0.3) is 0 Å². The van der Waals surface area contributed by atoms with Gasteiger partial charge in [0.25, 0.3) is 0 Å². The minimum absolute atomic E-state index is 0.161. The molecule has 58 heavy (non-hydrogen) atoms. The van der Waals surface area contributed by atoms with Crippen molar-refractivity contribution in [3.63, 3.8) is 0 Å². The van der Waals surface area contributed by atoms with Gasteiger partial charge in [-0.2, -0.15) is 0 Å². The van der Waals surface area contributed by atoms with Gasteiger partial charge >= 0.3 is 0 Å². The van der Waals surface area contributed by atoms with Gasteiger partial charge in [0.05, 0.1) is 0 Å². The number of aliphatic hydroxyl groups is 8. The fourth-order valence-electron chi connectivity index (χ4n) is 8.97. The average Bonchev–Trinajstić information content (AvgIpc) is 3.64. The lowest BCUT2D eigenvalue weighted by Crippen LogP contribution is -2.63. The van der Waals surface area contributed by atoms with Crippen molar-refractivity contribution < 1.29 is 59.8 Å². The Morgan fingerprint density at radius 1 is 0.500 bits per heavy atom. The molecule has 0 aromatic rings. The Morgan fingerprint density at radius 2 is 0.759 bits per heavy atom. The van der Waals surface area contributed by atoms with E-state index in [1.165, 1.54) is 109 Å². The molecule has 3 unspecified atom stereocenters. The number of carbonyl (C=O) groups excluding carboxylic acids is 3. The summed E-state index contributed by atoms with van der Waals surface area (Å²) < 4.78 is 14.2. The maximum atomic E-state index is 14.2. The third-order valence-electron chi connectivity index (χ3n) is 13.0. The van der Waals surface area contributed by atoms with E-state index in [4.69, 9.17) is 0 Å². The number of carbonyl (C=O) groups is 3. The zero-order chi connectivity index (χ0) is 43.2. The van der Waals surface area contributed by atoms with Gasteiger partial charge in [0.15, 0.2) is 28.4 Å². The molecule has 0 aromatic heterocycles. The van der Waals surface area contributed by atoms with Crippen LogP contribution >= 0.6 is 7.14 Å². The van der Waals surface area contributed by atoms with Crippen LogP contribution in [0.3, 0.4) is 0 Å². The molecule has 13 heteroatoms. The quantitative estimate of drug-likeness (QED) is 0.0173. The molecule has 0 spiro atoms. The van der Waals surface area contributed by atoms with E-state index in [2.05, 4.69) is 13.8 Å². The van der Waals surface area contributed by atoms with Crippen LogP contribution in [0.1, 0.15) is 219 Å². The predicted molar refractivity (Wildman–Crippen MR) is 227 cm³/mol. The number of aliphatic hydroxyl groups excluding tert-OH is 5. The first-order valence-corrected chi connectivity index (χ1v) is 25.2. The second-order valence-electron chi connectivity index (χ2n) is 17.7. The van der Waals surface area contributed by atoms with E-state index in [1.54, 1.807) is 0 Å². The van der Waals surface area contributed by atoms with Gasteiger partial charge in [-0.15, -0.1) is 0 Å². The van der Waals surface area contributed by atoms with Gasteiger partial charge in [-0.3, -0.25) is 14.4 Å². The van der Waals surface area contributed by atoms with Crippen molar-refractivity contribution in [2.75, 3.05) is 0 Å². The lowest BCUT2D eigenvalue weighted by Gasteiger charge is -2.36. The molecule has 2 fully saturated rings. The third-order valence-corrected chi connectivity index (χ3v) is 16.9. The standard InChI is InChI=1S/C45H83O12P/c1-3-5-7-9-11-13-15-17-19-21-23-25-27-29-31-33-35(46)39(50)43(54,42(53)58(57)44(55)40(51)37(48)38(49)41(52)45(44,58)56)36(47)34-32-30-28-26-24-22-20-18-16-14-12-10-8-6-4-2/h37-41,48-52,54-56H,3-34H2,1-2H3/t37-,38-,39?,40-,41+,43?,44-,45+,58?/m1/s1. The number of Topliss-reactive ketones (excluding diaryl/α,β-unsaturated/α-hetero) is 2. The van der Waals surface area contributed by atoms with Crippen molar-refractivity contribution >= 4 is 24.2 Å². The maximum absolute atomic E-state index is 14.2. The molecule has 1 aliphatic carbocycles.